The van der Waals surface area contributed by atoms with Crippen LogP contribution in [-0.4, -0.2) is 36.5 Å². The zero-order valence-corrected chi connectivity index (χ0v) is 14.7. The molecule has 1 amide bonds. The third kappa shape index (κ3) is 2.94. The van der Waals surface area contributed by atoms with Gasteiger partial charge in [0.1, 0.15) is 5.75 Å². The molecule has 2 atom stereocenters. The van der Waals surface area contributed by atoms with E-state index in [4.69, 9.17) is 9.47 Å². The summed E-state index contributed by atoms with van der Waals surface area (Å²) < 4.78 is 10.7. The minimum absolute atomic E-state index is 0.0179. The molecule has 2 aliphatic heterocycles. The van der Waals surface area contributed by atoms with Crippen LogP contribution in [0.4, 0.5) is 0 Å². The predicted molar refractivity (Wildman–Crippen MR) is 96.0 cm³/mol. The molecule has 0 saturated carbocycles. The van der Waals surface area contributed by atoms with E-state index in [1.165, 1.54) is 0 Å². The van der Waals surface area contributed by atoms with Crippen LogP contribution in [0.1, 0.15) is 40.4 Å². The highest BCUT2D eigenvalue weighted by Gasteiger charge is 2.38. The van der Waals surface area contributed by atoms with E-state index in [1.807, 2.05) is 47.4 Å². The summed E-state index contributed by atoms with van der Waals surface area (Å²) in [6.45, 7) is 0.686. The Labute approximate surface area is 152 Å². The van der Waals surface area contributed by atoms with Gasteiger partial charge >= 0.3 is 5.97 Å². The Morgan fingerprint density at radius 2 is 1.92 bits per heavy atom. The molecule has 2 aromatic rings. The highest BCUT2D eigenvalue weighted by molar-refractivity contribution is 5.95. The van der Waals surface area contributed by atoms with E-state index < -0.39 is 12.1 Å². The fraction of sp³-hybridized carbons (Fsp3) is 0.333. The van der Waals surface area contributed by atoms with E-state index >= 15 is 0 Å². The molecule has 1 saturated heterocycles. The number of carbonyl (C=O) groups is 2. The van der Waals surface area contributed by atoms with Crippen LogP contribution in [0.3, 0.4) is 0 Å². The van der Waals surface area contributed by atoms with Crippen molar-refractivity contribution in [3.05, 3.63) is 65.2 Å². The zero-order valence-electron chi connectivity index (χ0n) is 14.7. The molecule has 0 radical (unpaired) electrons. The van der Waals surface area contributed by atoms with Gasteiger partial charge < -0.3 is 14.4 Å². The first-order valence-corrected chi connectivity index (χ1v) is 8.90. The Balaban J connectivity index is 1.54. The number of hydrogen-bond acceptors (Lipinski definition) is 4. The lowest BCUT2D eigenvalue weighted by Crippen LogP contribution is -2.44. The van der Waals surface area contributed by atoms with Crippen LogP contribution in [0.5, 0.6) is 5.75 Å². The van der Waals surface area contributed by atoms with Crippen LogP contribution in [0.25, 0.3) is 0 Å². The molecular formula is C21H21NO4. The maximum absolute atomic E-state index is 13.1. The molecule has 0 bridgehead atoms. The van der Waals surface area contributed by atoms with Crippen LogP contribution in [0.2, 0.25) is 0 Å². The molecule has 2 heterocycles. The molecule has 0 N–H and O–H groups in total. The largest absolute Gasteiger partial charge is 0.497 e. The monoisotopic (exact) mass is 351 g/mol. The van der Waals surface area contributed by atoms with Gasteiger partial charge in [-0.15, -0.1) is 0 Å². The van der Waals surface area contributed by atoms with Crippen LogP contribution in [0.15, 0.2) is 48.5 Å². The molecule has 5 heteroatoms. The first kappa shape index (κ1) is 16.6. The number of cyclic esters (lactones) is 1. The minimum Gasteiger partial charge on any atom is -0.497 e. The van der Waals surface area contributed by atoms with E-state index in [0.717, 1.165) is 29.7 Å². The fourth-order valence-corrected chi connectivity index (χ4v) is 3.86. The van der Waals surface area contributed by atoms with Gasteiger partial charge in [-0.3, -0.25) is 4.79 Å². The van der Waals surface area contributed by atoms with Crippen molar-refractivity contribution < 1.29 is 19.1 Å². The van der Waals surface area contributed by atoms with Crippen molar-refractivity contribution in [2.45, 2.75) is 31.4 Å². The van der Waals surface area contributed by atoms with Gasteiger partial charge in [-0.25, -0.2) is 4.79 Å². The second-order valence-electron chi connectivity index (χ2n) is 6.72. The van der Waals surface area contributed by atoms with Crippen molar-refractivity contribution in [2.24, 2.45) is 0 Å². The summed E-state index contributed by atoms with van der Waals surface area (Å²) in [4.78, 5) is 27.2. The highest BCUT2D eigenvalue weighted by atomic mass is 16.5. The summed E-state index contributed by atoms with van der Waals surface area (Å²) in [7, 11) is 1.63. The van der Waals surface area contributed by atoms with Gasteiger partial charge in [0, 0.05) is 13.0 Å². The molecule has 5 nitrogen and oxygen atoms in total. The first-order chi connectivity index (χ1) is 12.7. The van der Waals surface area contributed by atoms with Gasteiger partial charge in [-0.1, -0.05) is 30.3 Å². The summed E-state index contributed by atoms with van der Waals surface area (Å²) in [5, 5.41) is 0. The maximum Gasteiger partial charge on any atom is 0.339 e. The van der Waals surface area contributed by atoms with Crippen molar-refractivity contribution in [1.82, 2.24) is 4.90 Å². The Kier molecular flexibility index (Phi) is 4.37. The number of carbonyl (C=O) groups excluding carboxylic acids is 2. The van der Waals surface area contributed by atoms with Crippen molar-refractivity contribution in [3.63, 3.8) is 0 Å². The van der Waals surface area contributed by atoms with Crippen LogP contribution in [-0.2, 0) is 16.0 Å². The van der Waals surface area contributed by atoms with Gasteiger partial charge in [-0.05, 0) is 42.2 Å². The van der Waals surface area contributed by atoms with E-state index in [0.29, 0.717) is 18.5 Å². The van der Waals surface area contributed by atoms with Crippen LogP contribution < -0.4 is 4.74 Å². The SMILES string of the molecule is COc1ccc(C2CCCN2C(=O)C2Cc3ccccc3C(=O)O2)cc1. The third-order valence-corrected chi connectivity index (χ3v) is 5.20. The zero-order chi connectivity index (χ0) is 18.1. The normalized spacial score (nSPS) is 21.9. The maximum atomic E-state index is 13.1. The number of benzene rings is 2. The summed E-state index contributed by atoms with van der Waals surface area (Å²) in [5.41, 5.74) is 2.52. The van der Waals surface area contributed by atoms with Crippen molar-refractivity contribution >= 4 is 11.9 Å². The van der Waals surface area contributed by atoms with E-state index in [9.17, 15) is 9.59 Å². The Morgan fingerprint density at radius 1 is 1.15 bits per heavy atom. The Bertz CT molecular complexity index is 830. The molecule has 4 rings (SSSR count). The first-order valence-electron chi connectivity index (χ1n) is 8.90. The van der Waals surface area contributed by atoms with Gasteiger partial charge in [0.2, 0.25) is 0 Å². The highest BCUT2D eigenvalue weighted by Crippen LogP contribution is 2.34. The average molecular weight is 351 g/mol. The number of esters is 1. The number of likely N-dealkylation sites (tertiary alicyclic amines) is 1. The topological polar surface area (TPSA) is 55.8 Å². The second-order valence-corrected chi connectivity index (χ2v) is 6.72. The molecule has 0 aliphatic carbocycles. The number of nitrogens with zero attached hydrogens (tertiary/aromatic N) is 1. The molecule has 2 aromatic carbocycles. The molecule has 0 spiro atoms. The molecule has 2 unspecified atom stereocenters. The minimum atomic E-state index is -0.740. The van der Waals surface area contributed by atoms with Gasteiger partial charge in [0.15, 0.2) is 6.10 Å². The summed E-state index contributed by atoms with van der Waals surface area (Å²) in [6.07, 6.45) is 1.55. The predicted octanol–water partition coefficient (Wildman–Crippen LogP) is 3.14. The quantitative estimate of drug-likeness (QED) is 0.797. The molecule has 1 fully saturated rings. The summed E-state index contributed by atoms with van der Waals surface area (Å²) >= 11 is 0. The standard InChI is InChI=1S/C21H21NO4/c1-25-16-10-8-14(9-11-16)18-7-4-12-22(18)20(23)19-13-15-5-2-3-6-17(15)21(24)26-19/h2-3,5-6,8-11,18-19H,4,7,12-13H2,1H3. The molecule has 0 aromatic heterocycles. The lowest BCUT2D eigenvalue weighted by Gasteiger charge is -2.31. The number of ether oxygens (including phenoxy) is 2. The number of amides is 1. The van der Waals surface area contributed by atoms with Crippen molar-refractivity contribution in [3.8, 4) is 5.75 Å². The number of fused-ring (bicyclic) bond motifs is 1. The lowest BCUT2D eigenvalue weighted by molar-refractivity contribution is -0.142. The van der Waals surface area contributed by atoms with Crippen LogP contribution >= 0.6 is 0 Å². The number of methoxy groups -OCH3 is 1. The van der Waals surface area contributed by atoms with Crippen molar-refractivity contribution in [1.29, 1.82) is 0 Å². The summed E-state index contributed by atoms with van der Waals surface area (Å²) in [6, 6.07) is 15.2. The smallest absolute Gasteiger partial charge is 0.339 e. The third-order valence-electron chi connectivity index (χ3n) is 5.20. The van der Waals surface area contributed by atoms with E-state index in [1.54, 1.807) is 13.2 Å². The second kappa shape index (κ2) is 6.83. The van der Waals surface area contributed by atoms with Crippen LogP contribution in [0, 0.1) is 0 Å². The van der Waals surface area contributed by atoms with Gasteiger partial charge in [0.05, 0.1) is 18.7 Å². The van der Waals surface area contributed by atoms with E-state index in [2.05, 4.69) is 0 Å². The summed E-state index contributed by atoms with van der Waals surface area (Å²) in [5.74, 6) is 0.277. The number of rotatable bonds is 3. The Hall–Kier alpha value is -2.82. The number of hydrogen-bond donors (Lipinski definition) is 0. The average Bonchev–Trinajstić information content (AvgIpc) is 3.17. The van der Waals surface area contributed by atoms with Crippen molar-refractivity contribution in [2.75, 3.05) is 13.7 Å². The molecular weight excluding hydrogens is 330 g/mol. The van der Waals surface area contributed by atoms with Gasteiger partial charge in [0.25, 0.3) is 5.91 Å². The molecule has 26 heavy (non-hydrogen) atoms. The Morgan fingerprint density at radius 3 is 2.69 bits per heavy atom. The molecule has 134 valence electrons. The molecule has 2 aliphatic rings. The lowest BCUT2D eigenvalue weighted by atomic mass is 9.97. The van der Waals surface area contributed by atoms with Gasteiger partial charge in [-0.2, -0.15) is 0 Å². The van der Waals surface area contributed by atoms with E-state index in [-0.39, 0.29) is 11.9 Å². The fourth-order valence-electron chi connectivity index (χ4n) is 3.86.